The van der Waals surface area contributed by atoms with Crippen molar-refractivity contribution in [3.8, 4) is 0 Å². The number of urea groups is 1. The predicted molar refractivity (Wildman–Crippen MR) is 92.4 cm³/mol. The van der Waals surface area contributed by atoms with Crippen LogP contribution in [-0.2, 0) is 21.0 Å². The van der Waals surface area contributed by atoms with Gasteiger partial charge in [-0.05, 0) is 17.2 Å². The average Bonchev–Trinajstić information content (AvgIpc) is 3.22. The minimum atomic E-state index is -0.845. The van der Waals surface area contributed by atoms with Gasteiger partial charge in [-0.15, -0.1) is 11.3 Å². The van der Waals surface area contributed by atoms with E-state index >= 15 is 0 Å². The molecule has 2 aliphatic heterocycles. The fourth-order valence-electron chi connectivity index (χ4n) is 3.36. The van der Waals surface area contributed by atoms with Crippen molar-refractivity contribution in [1.29, 1.82) is 0 Å². The molecule has 1 aromatic carbocycles. The number of aldehydes is 1. The molecule has 2 bridgehead atoms. The van der Waals surface area contributed by atoms with Gasteiger partial charge in [0.05, 0.1) is 18.5 Å². The molecule has 0 aliphatic carbocycles. The molecule has 0 saturated carbocycles. The number of hydrogen-bond donors (Lipinski definition) is 0. The summed E-state index contributed by atoms with van der Waals surface area (Å²) in [4.78, 5) is 44.7. The second-order valence-corrected chi connectivity index (χ2v) is 7.16. The molecule has 2 aliphatic rings. The van der Waals surface area contributed by atoms with Crippen LogP contribution in [0.4, 0.5) is 4.79 Å². The molecule has 2 atom stereocenters. The predicted octanol–water partition coefficient (Wildman–Crippen LogP) is 2.70. The molecule has 26 heavy (non-hydrogen) atoms. The summed E-state index contributed by atoms with van der Waals surface area (Å²) in [6, 6.07) is 9.66. The van der Waals surface area contributed by atoms with E-state index in [9.17, 15) is 14.4 Å². The van der Waals surface area contributed by atoms with Crippen molar-refractivity contribution >= 4 is 29.6 Å². The number of carbonyl (C=O) groups is 3. The fourth-order valence-corrected chi connectivity index (χ4v) is 4.50. The Balaban J connectivity index is 1.67. The molecule has 3 heterocycles. The monoisotopic (exact) mass is 372 g/mol. The molecule has 4 rings (SSSR count). The van der Waals surface area contributed by atoms with Crippen LogP contribution >= 0.6 is 11.3 Å². The normalized spacial score (nSPS) is 20.9. The van der Waals surface area contributed by atoms with Crippen molar-refractivity contribution in [2.75, 3.05) is 13.7 Å². The molecule has 1 saturated heterocycles. The number of rotatable bonds is 5. The SMILES string of the molecule is COC(=O)C1c2sc(C=O)cc2C2CN1C(=O)N2OCc1ccccc1. The number of benzene rings is 1. The fraction of sp³-hybridized carbons (Fsp3) is 0.278. The van der Waals surface area contributed by atoms with E-state index in [4.69, 9.17) is 9.57 Å². The molecule has 1 aromatic heterocycles. The lowest BCUT2D eigenvalue weighted by Gasteiger charge is -2.28. The first-order valence-corrected chi connectivity index (χ1v) is 8.89. The Morgan fingerprint density at radius 1 is 1.35 bits per heavy atom. The van der Waals surface area contributed by atoms with E-state index < -0.39 is 12.0 Å². The number of methoxy groups -OCH3 is 1. The van der Waals surface area contributed by atoms with Crippen molar-refractivity contribution in [2.45, 2.75) is 18.7 Å². The quantitative estimate of drug-likeness (QED) is 0.596. The molecule has 0 radical (unpaired) electrons. The van der Waals surface area contributed by atoms with Gasteiger partial charge in [0.2, 0.25) is 0 Å². The van der Waals surface area contributed by atoms with Crippen LogP contribution in [0.25, 0.3) is 0 Å². The highest BCUT2D eigenvalue weighted by Crippen LogP contribution is 2.47. The topological polar surface area (TPSA) is 76.2 Å². The Morgan fingerprint density at radius 2 is 2.12 bits per heavy atom. The number of nitrogens with zero attached hydrogens (tertiary/aromatic N) is 2. The van der Waals surface area contributed by atoms with Crippen LogP contribution in [-0.4, -0.2) is 41.9 Å². The second-order valence-electron chi connectivity index (χ2n) is 6.05. The lowest BCUT2D eigenvalue weighted by Crippen LogP contribution is -2.38. The Hall–Kier alpha value is -2.71. The Labute approximate surface area is 153 Å². The van der Waals surface area contributed by atoms with E-state index in [1.54, 1.807) is 6.07 Å². The average molecular weight is 372 g/mol. The van der Waals surface area contributed by atoms with Gasteiger partial charge in [-0.2, -0.15) is 5.06 Å². The van der Waals surface area contributed by atoms with Gasteiger partial charge in [0.15, 0.2) is 12.3 Å². The summed E-state index contributed by atoms with van der Waals surface area (Å²) in [5.41, 5.74) is 1.70. The van der Waals surface area contributed by atoms with Gasteiger partial charge in [-0.25, -0.2) is 9.59 Å². The molecule has 0 spiro atoms. The van der Waals surface area contributed by atoms with Gasteiger partial charge in [0.1, 0.15) is 12.6 Å². The minimum absolute atomic E-state index is 0.236. The maximum atomic E-state index is 12.8. The molecular weight excluding hydrogens is 356 g/mol. The molecule has 0 N–H and O–H groups in total. The summed E-state index contributed by atoms with van der Waals surface area (Å²) in [6.07, 6.45) is 0.747. The number of carbonyl (C=O) groups excluding carboxylic acids is 3. The molecule has 134 valence electrons. The van der Waals surface area contributed by atoms with Gasteiger partial charge in [-0.3, -0.25) is 9.63 Å². The largest absolute Gasteiger partial charge is 0.467 e. The van der Waals surface area contributed by atoms with Crippen LogP contribution in [0, 0.1) is 0 Å². The van der Waals surface area contributed by atoms with Crippen LogP contribution in [0.2, 0.25) is 0 Å². The van der Waals surface area contributed by atoms with E-state index in [1.165, 1.54) is 28.4 Å². The van der Waals surface area contributed by atoms with E-state index in [2.05, 4.69) is 0 Å². The molecular formula is C18H16N2O5S. The van der Waals surface area contributed by atoms with E-state index in [0.717, 1.165) is 17.4 Å². The van der Waals surface area contributed by atoms with Crippen LogP contribution in [0.3, 0.4) is 0 Å². The maximum absolute atomic E-state index is 12.8. The van der Waals surface area contributed by atoms with Crippen LogP contribution in [0.1, 0.15) is 37.8 Å². The van der Waals surface area contributed by atoms with E-state index in [-0.39, 0.29) is 18.7 Å². The number of amides is 2. The zero-order chi connectivity index (χ0) is 18.3. The molecule has 7 nitrogen and oxygen atoms in total. The Kier molecular flexibility index (Phi) is 4.21. The Bertz CT molecular complexity index is 866. The summed E-state index contributed by atoms with van der Waals surface area (Å²) >= 11 is 1.21. The summed E-state index contributed by atoms with van der Waals surface area (Å²) in [7, 11) is 1.28. The smallest absolute Gasteiger partial charge is 0.345 e. The number of ether oxygens (including phenoxy) is 1. The van der Waals surface area contributed by atoms with Crippen molar-refractivity contribution < 1.29 is 24.0 Å². The number of esters is 1. The van der Waals surface area contributed by atoms with Gasteiger partial charge in [0, 0.05) is 4.88 Å². The van der Waals surface area contributed by atoms with Gasteiger partial charge in [0.25, 0.3) is 0 Å². The molecule has 2 amide bonds. The Morgan fingerprint density at radius 3 is 2.81 bits per heavy atom. The molecule has 8 heteroatoms. The highest BCUT2D eigenvalue weighted by molar-refractivity contribution is 7.14. The maximum Gasteiger partial charge on any atom is 0.345 e. The summed E-state index contributed by atoms with van der Waals surface area (Å²) in [5, 5.41) is 1.30. The summed E-state index contributed by atoms with van der Waals surface area (Å²) in [6.45, 7) is 0.551. The third-order valence-corrected chi connectivity index (χ3v) is 5.70. The molecule has 2 unspecified atom stereocenters. The number of fused-ring (bicyclic) bond motifs is 4. The highest BCUT2D eigenvalue weighted by atomic mass is 32.1. The lowest BCUT2D eigenvalue weighted by molar-refractivity contribution is -0.146. The van der Waals surface area contributed by atoms with Gasteiger partial charge >= 0.3 is 12.0 Å². The standard InChI is InChI=1S/C18H16N2O5S/c1-24-17(22)15-16-13(7-12(9-21)26-16)14-8-19(15)18(23)20(14)25-10-11-5-3-2-4-6-11/h2-7,9,14-15H,8,10H2,1H3. The second kappa shape index (κ2) is 6.54. The first-order valence-electron chi connectivity index (χ1n) is 8.07. The molecule has 1 fully saturated rings. The zero-order valence-electron chi connectivity index (χ0n) is 14.0. The van der Waals surface area contributed by atoms with E-state index in [1.807, 2.05) is 30.3 Å². The van der Waals surface area contributed by atoms with Gasteiger partial charge in [-0.1, -0.05) is 30.3 Å². The third kappa shape index (κ3) is 2.58. The van der Waals surface area contributed by atoms with Crippen molar-refractivity contribution in [1.82, 2.24) is 9.96 Å². The number of hydrogen-bond acceptors (Lipinski definition) is 6. The van der Waals surface area contributed by atoms with Gasteiger partial charge < -0.3 is 9.64 Å². The number of thiophene rings is 1. The van der Waals surface area contributed by atoms with Crippen LogP contribution in [0.5, 0.6) is 0 Å². The van der Waals surface area contributed by atoms with Crippen molar-refractivity contribution in [3.63, 3.8) is 0 Å². The first-order chi connectivity index (χ1) is 12.6. The zero-order valence-corrected chi connectivity index (χ0v) is 14.8. The minimum Gasteiger partial charge on any atom is -0.467 e. The lowest BCUT2D eigenvalue weighted by atomic mass is 9.99. The molecule has 2 aromatic rings. The summed E-state index contributed by atoms with van der Waals surface area (Å²) in [5.74, 6) is -0.526. The van der Waals surface area contributed by atoms with Crippen LogP contribution in [0.15, 0.2) is 36.4 Å². The number of hydroxylamine groups is 2. The summed E-state index contributed by atoms with van der Waals surface area (Å²) < 4.78 is 4.88. The van der Waals surface area contributed by atoms with Crippen molar-refractivity contribution in [3.05, 3.63) is 57.3 Å². The first kappa shape index (κ1) is 16.7. The highest BCUT2D eigenvalue weighted by Gasteiger charge is 2.52. The van der Waals surface area contributed by atoms with Crippen LogP contribution < -0.4 is 0 Å². The third-order valence-electron chi connectivity index (χ3n) is 4.57. The van der Waals surface area contributed by atoms with E-state index in [0.29, 0.717) is 16.3 Å². The van der Waals surface area contributed by atoms with Crippen molar-refractivity contribution in [2.24, 2.45) is 0 Å².